The number of hydrogen-bond donors (Lipinski definition) is 4. The smallest absolute Gasteiger partial charge is 0.408 e. The van der Waals surface area contributed by atoms with E-state index in [4.69, 9.17) is 9.47 Å². The van der Waals surface area contributed by atoms with E-state index in [9.17, 15) is 24.6 Å². The van der Waals surface area contributed by atoms with Gasteiger partial charge in [-0.15, -0.1) is 0 Å². The van der Waals surface area contributed by atoms with Crippen LogP contribution in [0.3, 0.4) is 0 Å². The fourth-order valence-corrected chi connectivity index (χ4v) is 4.51. The number of aromatic hydroxyl groups is 2. The van der Waals surface area contributed by atoms with Crippen molar-refractivity contribution in [3.8, 4) is 17.2 Å². The minimum Gasteiger partial charge on any atom is -0.508 e. The van der Waals surface area contributed by atoms with E-state index in [2.05, 4.69) is 10.6 Å². The molecule has 0 aliphatic carbocycles. The molecule has 4 N–H and O–H groups in total. The van der Waals surface area contributed by atoms with Crippen molar-refractivity contribution < 1.29 is 34.1 Å². The van der Waals surface area contributed by atoms with Crippen LogP contribution in [-0.2, 0) is 20.7 Å². The molecule has 0 saturated heterocycles. The Morgan fingerprint density at radius 2 is 1.58 bits per heavy atom. The molecule has 0 heterocycles. The monoisotopic (exact) mass is 591 g/mol. The predicted octanol–water partition coefficient (Wildman–Crippen LogP) is 5.55. The van der Waals surface area contributed by atoms with Crippen LogP contribution < -0.4 is 15.4 Å². The number of carbonyl (C=O) groups excluding carboxylic acids is 3. The van der Waals surface area contributed by atoms with Crippen molar-refractivity contribution in [2.24, 2.45) is 0 Å². The zero-order valence-electron chi connectivity index (χ0n) is 25.5. The first-order valence-corrected chi connectivity index (χ1v) is 14.1. The van der Waals surface area contributed by atoms with Gasteiger partial charge in [0, 0.05) is 18.2 Å². The average molecular weight is 592 g/mol. The van der Waals surface area contributed by atoms with E-state index in [1.165, 1.54) is 29.2 Å². The summed E-state index contributed by atoms with van der Waals surface area (Å²) in [6.45, 7) is 8.87. The second-order valence-electron chi connectivity index (χ2n) is 11.3. The topological polar surface area (TPSA) is 137 Å². The number of methoxy groups -OCH3 is 1. The summed E-state index contributed by atoms with van der Waals surface area (Å²) in [5, 5.41) is 25.7. The maximum Gasteiger partial charge on any atom is 0.408 e. The Balaban J connectivity index is 2.07. The molecule has 43 heavy (non-hydrogen) atoms. The van der Waals surface area contributed by atoms with Crippen LogP contribution in [0.25, 0.3) is 0 Å². The van der Waals surface area contributed by atoms with Gasteiger partial charge in [0.05, 0.1) is 7.11 Å². The number of phenolic OH excluding ortho intramolecular Hbond substituents is 2. The lowest BCUT2D eigenvalue weighted by atomic mass is 9.97. The van der Waals surface area contributed by atoms with Gasteiger partial charge in [-0.25, -0.2) is 4.79 Å². The van der Waals surface area contributed by atoms with E-state index in [0.717, 1.165) is 0 Å². The van der Waals surface area contributed by atoms with Crippen molar-refractivity contribution >= 4 is 23.6 Å². The van der Waals surface area contributed by atoms with Gasteiger partial charge in [-0.1, -0.05) is 31.2 Å². The molecular weight excluding hydrogens is 550 g/mol. The molecule has 0 aromatic heterocycles. The van der Waals surface area contributed by atoms with Gasteiger partial charge < -0.3 is 35.2 Å². The summed E-state index contributed by atoms with van der Waals surface area (Å²) in [7, 11) is 1.54. The minimum absolute atomic E-state index is 0.0621. The fourth-order valence-electron chi connectivity index (χ4n) is 4.51. The summed E-state index contributed by atoms with van der Waals surface area (Å²) < 4.78 is 10.7. The van der Waals surface area contributed by atoms with Gasteiger partial charge in [-0.3, -0.25) is 9.59 Å². The highest BCUT2D eigenvalue weighted by molar-refractivity contribution is 5.99. The molecule has 3 atom stereocenters. The minimum atomic E-state index is -1.17. The molecule has 0 radical (unpaired) electrons. The third-order valence-electron chi connectivity index (χ3n) is 6.76. The molecule has 3 unspecified atom stereocenters. The van der Waals surface area contributed by atoms with Crippen molar-refractivity contribution in [3.63, 3.8) is 0 Å². The molecule has 10 nitrogen and oxygen atoms in total. The summed E-state index contributed by atoms with van der Waals surface area (Å²) in [6.07, 6.45) is -0.224. The highest BCUT2D eigenvalue weighted by Gasteiger charge is 2.39. The number of amides is 3. The lowest BCUT2D eigenvalue weighted by Crippen LogP contribution is -2.55. The third kappa shape index (κ3) is 9.39. The highest BCUT2D eigenvalue weighted by atomic mass is 16.6. The second kappa shape index (κ2) is 14.4. The maximum absolute atomic E-state index is 14.5. The average Bonchev–Trinajstić information content (AvgIpc) is 2.95. The Bertz CT molecular complexity index is 1380. The summed E-state index contributed by atoms with van der Waals surface area (Å²) >= 11 is 0. The highest BCUT2D eigenvalue weighted by Crippen LogP contribution is 2.30. The molecule has 0 bridgehead atoms. The number of ether oxygens (including phenoxy) is 2. The largest absolute Gasteiger partial charge is 0.508 e. The van der Waals surface area contributed by atoms with Gasteiger partial charge in [-0.2, -0.15) is 0 Å². The number of hydrogen-bond acceptors (Lipinski definition) is 7. The Morgan fingerprint density at radius 1 is 0.930 bits per heavy atom. The molecule has 3 aromatic carbocycles. The van der Waals surface area contributed by atoms with Gasteiger partial charge in [-0.05, 0) is 93.8 Å². The van der Waals surface area contributed by atoms with Gasteiger partial charge in [0.15, 0.2) is 0 Å². The summed E-state index contributed by atoms with van der Waals surface area (Å²) in [5.74, 6) is -0.420. The number of nitrogens with zero attached hydrogens (tertiary/aromatic N) is 1. The Labute approximate surface area is 252 Å². The molecule has 230 valence electrons. The van der Waals surface area contributed by atoms with Crippen LogP contribution in [0.15, 0.2) is 72.8 Å². The molecule has 3 rings (SSSR count). The van der Waals surface area contributed by atoms with Gasteiger partial charge in [0.25, 0.3) is 5.91 Å². The molecule has 0 saturated carbocycles. The number of benzene rings is 3. The van der Waals surface area contributed by atoms with Crippen LogP contribution in [0, 0.1) is 0 Å². The van der Waals surface area contributed by atoms with Crippen LogP contribution in [0.2, 0.25) is 0 Å². The normalized spacial score (nSPS) is 13.3. The third-order valence-corrected chi connectivity index (χ3v) is 6.76. The zero-order chi connectivity index (χ0) is 31.7. The Kier molecular flexibility index (Phi) is 11.0. The summed E-state index contributed by atoms with van der Waals surface area (Å²) in [6, 6.07) is 16.5. The zero-order valence-corrected chi connectivity index (χ0v) is 25.5. The lowest BCUT2D eigenvalue weighted by molar-refractivity contribution is -0.143. The molecule has 0 spiro atoms. The first kappa shape index (κ1) is 32.8. The first-order valence-electron chi connectivity index (χ1n) is 14.1. The SMILES string of the molecule is CCC(C)N(C(=O)C(Cc1ccc(O)cc1)NC(=O)OC(C)(C)C)C(C(=O)Nc1ccc(OC)cc1)c1cccc(O)c1. The van der Waals surface area contributed by atoms with Gasteiger partial charge in [0.1, 0.15) is 34.9 Å². The van der Waals surface area contributed by atoms with E-state index in [1.54, 1.807) is 76.4 Å². The van der Waals surface area contributed by atoms with E-state index in [0.29, 0.717) is 29.0 Å². The predicted molar refractivity (Wildman–Crippen MR) is 164 cm³/mol. The summed E-state index contributed by atoms with van der Waals surface area (Å²) in [4.78, 5) is 42.9. The van der Waals surface area contributed by atoms with Crippen LogP contribution in [0.4, 0.5) is 10.5 Å². The molecule has 3 aromatic rings. The fraction of sp³-hybridized carbons (Fsp3) is 0.364. The Morgan fingerprint density at radius 3 is 2.14 bits per heavy atom. The lowest BCUT2D eigenvalue weighted by Gasteiger charge is -2.38. The van der Waals surface area contributed by atoms with Crippen molar-refractivity contribution in [2.45, 2.75) is 71.2 Å². The van der Waals surface area contributed by atoms with Crippen molar-refractivity contribution in [2.75, 3.05) is 12.4 Å². The number of carbonyl (C=O) groups is 3. The summed E-state index contributed by atoms with van der Waals surface area (Å²) in [5.41, 5.74) is 0.739. The first-order chi connectivity index (χ1) is 20.3. The molecule has 0 aliphatic heterocycles. The number of rotatable bonds is 11. The number of nitrogens with one attached hydrogen (secondary N) is 2. The maximum atomic E-state index is 14.5. The molecule has 0 fully saturated rings. The van der Waals surface area contributed by atoms with Crippen LogP contribution >= 0.6 is 0 Å². The van der Waals surface area contributed by atoms with Crippen molar-refractivity contribution in [1.82, 2.24) is 10.2 Å². The quantitative estimate of drug-likeness (QED) is 0.229. The molecule has 0 aliphatic rings. The van der Waals surface area contributed by atoms with Crippen LogP contribution in [0.5, 0.6) is 17.2 Å². The van der Waals surface area contributed by atoms with Crippen molar-refractivity contribution in [3.05, 3.63) is 83.9 Å². The molecular formula is C33H41N3O7. The van der Waals surface area contributed by atoms with Gasteiger partial charge >= 0.3 is 6.09 Å². The van der Waals surface area contributed by atoms with E-state index in [1.807, 2.05) is 13.8 Å². The Hall–Kier alpha value is -4.73. The van der Waals surface area contributed by atoms with Crippen LogP contribution in [0.1, 0.15) is 58.2 Å². The van der Waals surface area contributed by atoms with E-state index >= 15 is 0 Å². The second-order valence-corrected chi connectivity index (χ2v) is 11.3. The number of alkyl carbamates (subject to hydrolysis) is 1. The molecule has 10 heteroatoms. The van der Waals surface area contributed by atoms with Crippen LogP contribution in [-0.4, -0.2) is 57.8 Å². The molecule has 3 amide bonds. The van der Waals surface area contributed by atoms with Gasteiger partial charge in [0.2, 0.25) is 5.91 Å². The standard InChI is InChI=1S/C33H41N3O7/c1-7-21(2)36(31(40)28(35-32(41)43-33(3,4)5)19-22-11-15-25(37)16-12-22)29(23-9-8-10-26(38)20-23)30(39)34-24-13-17-27(42-6)18-14-24/h8-18,20-21,28-29,37-38H,7,19H2,1-6H3,(H,34,39)(H,35,41). The number of anilines is 1. The van der Waals surface area contributed by atoms with E-state index in [-0.39, 0.29) is 17.9 Å². The van der Waals surface area contributed by atoms with E-state index < -0.39 is 41.6 Å². The van der Waals surface area contributed by atoms with Crippen molar-refractivity contribution in [1.29, 1.82) is 0 Å². The number of phenols is 2.